The van der Waals surface area contributed by atoms with Gasteiger partial charge in [0.05, 0.1) is 35.5 Å². The van der Waals surface area contributed by atoms with Crippen LogP contribution in [0.4, 0.5) is 19.0 Å². The minimum absolute atomic E-state index is 0.0318. The molecule has 0 aliphatic heterocycles. The van der Waals surface area contributed by atoms with Crippen LogP contribution in [0.25, 0.3) is 0 Å². The molecule has 0 radical (unpaired) electrons. The molecule has 1 aromatic heterocycles. The lowest BCUT2D eigenvalue weighted by Crippen LogP contribution is -2.27. The van der Waals surface area contributed by atoms with E-state index in [1.165, 1.54) is 0 Å². The van der Waals surface area contributed by atoms with E-state index in [1.54, 1.807) is 0 Å². The zero-order chi connectivity index (χ0) is 17.0. The normalized spacial score (nSPS) is 15.6. The van der Waals surface area contributed by atoms with Crippen molar-refractivity contribution in [2.75, 3.05) is 11.9 Å². The molecule has 0 spiro atoms. The third kappa shape index (κ3) is 4.99. The number of carbonyl (C=O) groups is 1. The van der Waals surface area contributed by atoms with Gasteiger partial charge in [0.1, 0.15) is 11.9 Å². The van der Waals surface area contributed by atoms with Crippen molar-refractivity contribution in [3.8, 4) is 6.07 Å². The molecule has 1 N–H and O–H groups in total. The van der Waals surface area contributed by atoms with Gasteiger partial charge in [0.25, 0.3) is 0 Å². The summed E-state index contributed by atoms with van der Waals surface area (Å²) in [6.45, 7) is 0.0318. The first-order valence-corrected chi connectivity index (χ1v) is 7.23. The highest BCUT2D eigenvalue weighted by Crippen LogP contribution is 2.33. The fraction of sp³-hybridized carbons (Fsp3) is 0.500. The van der Waals surface area contributed by atoms with Crippen LogP contribution < -0.4 is 5.32 Å². The van der Waals surface area contributed by atoms with Crippen molar-refractivity contribution in [2.45, 2.75) is 31.5 Å². The van der Waals surface area contributed by atoms with Gasteiger partial charge < -0.3 is 10.1 Å². The SMILES string of the molecule is N#CCC(CNc1ncc(C(F)(F)F)cc1Cl)OC(=O)C1CC1. The highest BCUT2D eigenvalue weighted by molar-refractivity contribution is 6.32. The van der Waals surface area contributed by atoms with Gasteiger partial charge in [0.2, 0.25) is 0 Å². The molecule has 0 amide bonds. The maximum absolute atomic E-state index is 12.5. The largest absolute Gasteiger partial charge is 0.459 e. The van der Waals surface area contributed by atoms with E-state index in [9.17, 15) is 18.0 Å². The van der Waals surface area contributed by atoms with Gasteiger partial charge in [-0.25, -0.2) is 4.98 Å². The summed E-state index contributed by atoms with van der Waals surface area (Å²) in [4.78, 5) is 15.2. The maximum Gasteiger partial charge on any atom is 0.417 e. The monoisotopic (exact) mass is 347 g/mol. The third-order valence-electron chi connectivity index (χ3n) is 3.18. The average Bonchev–Trinajstić information content (AvgIpc) is 3.29. The van der Waals surface area contributed by atoms with Crippen molar-refractivity contribution in [2.24, 2.45) is 5.92 Å². The summed E-state index contributed by atoms with van der Waals surface area (Å²) >= 11 is 5.76. The van der Waals surface area contributed by atoms with Crippen LogP contribution in [0.5, 0.6) is 0 Å². The van der Waals surface area contributed by atoms with Gasteiger partial charge >= 0.3 is 12.1 Å². The van der Waals surface area contributed by atoms with Crippen LogP contribution in [0.1, 0.15) is 24.8 Å². The second-order valence-electron chi connectivity index (χ2n) is 5.13. The summed E-state index contributed by atoms with van der Waals surface area (Å²) < 4.78 is 42.8. The van der Waals surface area contributed by atoms with Crippen LogP contribution in [0, 0.1) is 17.2 Å². The molecule has 124 valence electrons. The number of alkyl halides is 3. The van der Waals surface area contributed by atoms with E-state index in [-0.39, 0.29) is 35.7 Å². The second-order valence-corrected chi connectivity index (χ2v) is 5.54. The van der Waals surface area contributed by atoms with Crippen LogP contribution in [-0.2, 0) is 15.7 Å². The van der Waals surface area contributed by atoms with E-state index < -0.39 is 17.8 Å². The van der Waals surface area contributed by atoms with E-state index >= 15 is 0 Å². The highest BCUT2D eigenvalue weighted by atomic mass is 35.5. The molecule has 5 nitrogen and oxygen atoms in total. The lowest BCUT2D eigenvalue weighted by atomic mass is 10.2. The summed E-state index contributed by atoms with van der Waals surface area (Å²) in [7, 11) is 0. The first-order valence-electron chi connectivity index (χ1n) is 6.85. The fourth-order valence-electron chi connectivity index (χ4n) is 1.77. The molecule has 0 aromatic carbocycles. The number of hydrogen-bond donors (Lipinski definition) is 1. The van der Waals surface area contributed by atoms with E-state index in [4.69, 9.17) is 21.6 Å². The van der Waals surface area contributed by atoms with Crippen molar-refractivity contribution in [1.82, 2.24) is 4.98 Å². The van der Waals surface area contributed by atoms with Gasteiger partial charge in [-0.3, -0.25) is 4.79 Å². The molecular formula is C14H13ClF3N3O2. The number of rotatable bonds is 6. The Morgan fingerprint density at radius 2 is 2.26 bits per heavy atom. The molecule has 0 saturated heterocycles. The summed E-state index contributed by atoms with van der Waals surface area (Å²) in [6, 6.07) is 2.65. The zero-order valence-electron chi connectivity index (χ0n) is 11.9. The standard InChI is InChI=1S/C14H13ClF3N3O2/c15-11-5-9(14(16,17)18)6-20-12(11)21-7-10(3-4-19)23-13(22)8-1-2-8/h5-6,8,10H,1-3,7H2,(H,20,21). The number of nitrogens with one attached hydrogen (secondary N) is 1. The molecule has 9 heteroatoms. The van der Waals surface area contributed by atoms with Crippen molar-refractivity contribution < 1.29 is 22.7 Å². The topological polar surface area (TPSA) is 75.0 Å². The summed E-state index contributed by atoms with van der Waals surface area (Å²) in [5.74, 6) is -0.437. The van der Waals surface area contributed by atoms with Gasteiger partial charge in [-0.05, 0) is 18.9 Å². The number of aromatic nitrogens is 1. The zero-order valence-corrected chi connectivity index (χ0v) is 12.6. The van der Waals surface area contributed by atoms with Gasteiger partial charge in [-0.15, -0.1) is 0 Å². The number of pyridine rings is 1. The number of nitrogens with zero attached hydrogens (tertiary/aromatic N) is 2. The van der Waals surface area contributed by atoms with Gasteiger partial charge in [-0.1, -0.05) is 11.6 Å². The highest BCUT2D eigenvalue weighted by Gasteiger charge is 2.33. The van der Waals surface area contributed by atoms with Crippen LogP contribution >= 0.6 is 11.6 Å². The van der Waals surface area contributed by atoms with Crippen molar-refractivity contribution in [3.63, 3.8) is 0 Å². The Balaban J connectivity index is 1.97. The number of carbonyl (C=O) groups excluding carboxylic acids is 1. The molecule has 23 heavy (non-hydrogen) atoms. The average molecular weight is 348 g/mol. The molecule has 1 unspecified atom stereocenters. The lowest BCUT2D eigenvalue weighted by molar-refractivity contribution is -0.149. The Bertz CT molecular complexity index is 627. The maximum atomic E-state index is 12.5. The predicted octanol–water partition coefficient (Wildman–Crippen LogP) is 3.40. The van der Waals surface area contributed by atoms with E-state index in [0.717, 1.165) is 18.9 Å². The Hall–Kier alpha value is -2.01. The molecule has 1 aliphatic rings. The summed E-state index contributed by atoms with van der Waals surface area (Å²) in [5.41, 5.74) is -0.957. The molecule has 1 atom stereocenters. The van der Waals surface area contributed by atoms with Crippen molar-refractivity contribution in [3.05, 3.63) is 22.8 Å². The molecule has 1 aliphatic carbocycles. The first-order chi connectivity index (χ1) is 10.8. The Morgan fingerprint density at radius 1 is 1.57 bits per heavy atom. The fourth-order valence-corrected chi connectivity index (χ4v) is 2.00. The third-order valence-corrected chi connectivity index (χ3v) is 3.47. The molecular weight excluding hydrogens is 335 g/mol. The van der Waals surface area contributed by atoms with Crippen LogP contribution in [-0.4, -0.2) is 23.6 Å². The predicted molar refractivity (Wildman–Crippen MR) is 75.6 cm³/mol. The van der Waals surface area contributed by atoms with E-state index in [0.29, 0.717) is 6.20 Å². The number of esters is 1. The Kier molecular flexibility index (Phi) is 5.31. The first kappa shape index (κ1) is 17.3. The van der Waals surface area contributed by atoms with Gasteiger partial charge in [0, 0.05) is 6.20 Å². The quantitative estimate of drug-likeness (QED) is 0.798. The van der Waals surface area contributed by atoms with Crippen LogP contribution in [0.2, 0.25) is 5.02 Å². The molecule has 1 heterocycles. The van der Waals surface area contributed by atoms with E-state index in [1.807, 2.05) is 6.07 Å². The molecule has 1 fully saturated rings. The Morgan fingerprint density at radius 3 is 2.78 bits per heavy atom. The number of nitriles is 1. The molecule has 2 rings (SSSR count). The van der Waals surface area contributed by atoms with Gasteiger partial charge in [0.15, 0.2) is 0 Å². The van der Waals surface area contributed by atoms with Crippen molar-refractivity contribution >= 4 is 23.4 Å². The minimum atomic E-state index is -4.53. The molecule has 1 saturated carbocycles. The second kappa shape index (κ2) is 7.04. The summed E-state index contributed by atoms with van der Waals surface area (Å²) in [6.07, 6.45) is -3.07. The number of anilines is 1. The minimum Gasteiger partial charge on any atom is -0.459 e. The number of hydrogen-bond acceptors (Lipinski definition) is 5. The van der Waals surface area contributed by atoms with Crippen LogP contribution in [0.15, 0.2) is 12.3 Å². The van der Waals surface area contributed by atoms with E-state index in [2.05, 4.69) is 10.3 Å². The number of ether oxygens (including phenoxy) is 1. The van der Waals surface area contributed by atoms with Gasteiger partial charge in [-0.2, -0.15) is 18.4 Å². The molecule has 1 aromatic rings. The lowest BCUT2D eigenvalue weighted by Gasteiger charge is -2.17. The van der Waals surface area contributed by atoms with Crippen molar-refractivity contribution in [1.29, 1.82) is 5.26 Å². The summed E-state index contributed by atoms with van der Waals surface area (Å²) in [5, 5.41) is 11.2. The smallest absolute Gasteiger partial charge is 0.417 e. The molecule has 0 bridgehead atoms. The number of halogens is 4. The van der Waals surface area contributed by atoms with Crippen LogP contribution in [0.3, 0.4) is 0 Å². The Labute approximate surface area is 135 Å².